The van der Waals surface area contributed by atoms with Gasteiger partial charge in [-0.3, -0.25) is 19.7 Å². The number of nitrogens with one attached hydrogen (secondary N) is 2. The molecule has 2 fully saturated rings. The first-order valence-electron chi connectivity index (χ1n) is 11.0. The Morgan fingerprint density at radius 3 is 2.47 bits per heavy atom. The summed E-state index contributed by atoms with van der Waals surface area (Å²) < 4.78 is 0. The number of halogens is 1. The van der Waals surface area contributed by atoms with E-state index in [0.29, 0.717) is 28.4 Å². The number of rotatable bonds is 3. The van der Waals surface area contributed by atoms with E-state index in [-0.39, 0.29) is 17.6 Å². The first-order chi connectivity index (χ1) is 16.4. The third-order valence-electron chi connectivity index (χ3n) is 7.08. The van der Waals surface area contributed by atoms with Gasteiger partial charge in [0.1, 0.15) is 11.3 Å². The lowest BCUT2D eigenvalue weighted by molar-refractivity contribution is -0.130. The topological polar surface area (TPSA) is 98.7 Å². The molecule has 6 rings (SSSR count). The Balaban J connectivity index is 1.49. The predicted octanol–water partition coefficient (Wildman–Crippen LogP) is 3.21. The molecule has 0 bridgehead atoms. The number of para-hydroxylation sites is 1. The highest BCUT2D eigenvalue weighted by Gasteiger charge is 2.70. The van der Waals surface area contributed by atoms with E-state index >= 15 is 0 Å². The molecule has 34 heavy (non-hydrogen) atoms. The van der Waals surface area contributed by atoms with Crippen molar-refractivity contribution in [3.05, 3.63) is 88.9 Å². The third kappa shape index (κ3) is 2.84. The van der Waals surface area contributed by atoms with Crippen LogP contribution in [0.25, 0.3) is 0 Å². The molecule has 3 N–H and O–H groups in total. The smallest absolute Gasteiger partial charge is 0.250 e. The molecular weight excluding hydrogens is 454 g/mol. The standard InChI is InChI=1S/C26H20ClN3O4/c27-15-4-3-5-16(13-15)30-23(32)21-20(12-14-8-10-17(31)11-9-14)29-26(22(21)24(30)33)18-6-1-2-7-19(18)28-25(26)34/h1-11,13,20-22,29,31H,12H2,(H,28,34)/t20-,21+,22+,26+/m0/s1. The Kier molecular flexibility index (Phi) is 4.56. The highest BCUT2D eigenvalue weighted by atomic mass is 35.5. The fourth-order valence-corrected chi connectivity index (χ4v) is 5.87. The van der Waals surface area contributed by atoms with E-state index in [1.54, 1.807) is 54.6 Å². The number of benzene rings is 3. The summed E-state index contributed by atoms with van der Waals surface area (Å²) >= 11 is 6.15. The van der Waals surface area contributed by atoms with Crippen molar-refractivity contribution in [2.45, 2.75) is 18.0 Å². The van der Waals surface area contributed by atoms with E-state index in [1.165, 1.54) is 4.90 Å². The van der Waals surface area contributed by atoms with E-state index in [4.69, 9.17) is 11.6 Å². The molecule has 0 unspecified atom stereocenters. The minimum atomic E-state index is -1.36. The summed E-state index contributed by atoms with van der Waals surface area (Å²) in [6.45, 7) is 0. The number of carbonyl (C=O) groups excluding carboxylic acids is 3. The van der Waals surface area contributed by atoms with Gasteiger partial charge in [0.05, 0.1) is 17.5 Å². The second-order valence-corrected chi connectivity index (χ2v) is 9.36. The molecule has 2 saturated heterocycles. The molecule has 3 aromatic carbocycles. The van der Waals surface area contributed by atoms with Crippen molar-refractivity contribution >= 4 is 40.7 Å². The van der Waals surface area contributed by atoms with Gasteiger partial charge in [-0.25, -0.2) is 4.90 Å². The van der Waals surface area contributed by atoms with Gasteiger partial charge in [-0.05, 0) is 48.4 Å². The minimum Gasteiger partial charge on any atom is -0.508 e. The Morgan fingerprint density at radius 1 is 0.941 bits per heavy atom. The van der Waals surface area contributed by atoms with Crippen LogP contribution in [0, 0.1) is 11.8 Å². The zero-order valence-electron chi connectivity index (χ0n) is 17.9. The van der Waals surface area contributed by atoms with Gasteiger partial charge in [-0.1, -0.05) is 48.0 Å². The second kappa shape index (κ2) is 7.41. The van der Waals surface area contributed by atoms with Gasteiger partial charge >= 0.3 is 0 Å². The molecule has 0 aliphatic carbocycles. The Hall–Kier alpha value is -3.68. The Bertz CT molecular complexity index is 1360. The van der Waals surface area contributed by atoms with Gasteiger partial charge in [0.15, 0.2) is 0 Å². The molecule has 1 spiro atoms. The van der Waals surface area contributed by atoms with Crippen molar-refractivity contribution in [3.8, 4) is 5.75 Å². The lowest BCUT2D eigenvalue weighted by atomic mass is 9.76. The number of phenols is 1. The number of hydrogen-bond donors (Lipinski definition) is 3. The number of anilines is 2. The van der Waals surface area contributed by atoms with Gasteiger partial charge in [0.2, 0.25) is 17.7 Å². The van der Waals surface area contributed by atoms with Crippen LogP contribution in [0.5, 0.6) is 5.75 Å². The molecule has 3 heterocycles. The second-order valence-electron chi connectivity index (χ2n) is 8.92. The maximum absolute atomic E-state index is 13.9. The molecule has 4 atom stereocenters. The number of phenolic OH excluding ortho intramolecular Hbond substituents is 1. The summed E-state index contributed by atoms with van der Waals surface area (Å²) in [5.41, 5.74) is 1.20. The summed E-state index contributed by atoms with van der Waals surface area (Å²) in [4.78, 5) is 42.3. The molecule has 0 saturated carbocycles. The quantitative estimate of drug-likeness (QED) is 0.507. The van der Waals surface area contributed by atoms with E-state index in [2.05, 4.69) is 10.6 Å². The fourth-order valence-electron chi connectivity index (χ4n) is 5.69. The largest absolute Gasteiger partial charge is 0.508 e. The van der Waals surface area contributed by atoms with Gasteiger partial charge in [0.25, 0.3) is 0 Å². The molecule has 0 aromatic heterocycles. The summed E-state index contributed by atoms with van der Waals surface area (Å²) in [5.74, 6) is -2.65. The van der Waals surface area contributed by atoms with Crippen LogP contribution in [0.1, 0.15) is 11.1 Å². The van der Waals surface area contributed by atoms with E-state index in [1.807, 2.05) is 18.2 Å². The fraction of sp³-hybridized carbons (Fsp3) is 0.192. The monoisotopic (exact) mass is 473 g/mol. The Labute approximate surface area is 200 Å². The number of carbonyl (C=O) groups is 3. The molecule has 3 aliphatic rings. The SMILES string of the molecule is O=C1[C@@H]2[C@H](Cc3ccc(O)cc3)N[C@@]3(C(=O)Nc4ccccc43)[C@H]2C(=O)N1c1cccc(Cl)c1. The van der Waals surface area contributed by atoms with E-state index in [9.17, 15) is 19.5 Å². The number of aromatic hydroxyl groups is 1. The normalized spacial score (nSPS) is 27.3. The molecule has 8 heteroatoms. The zero-order valence-corrected chi connectivity index (χ0v) is 18.6. The summed E-state index contributed by atoms with van der Waals surface area (Å²) in [5, 5.41) is 16.4. The molecule has 170 valence electrons. The number of nitrogens with zero attached hydrogens (tertiary/aromatic N) is 1. The van der Waals surface area contributed by atoms with E-state index < -0.39 is 29.3 Å². The van der Waals surface area contributed by atoms with Crippen LogP contribution < -0.4 is 15.5 Å². The molecule has 7 nitrogen and oxygen atoms in total. The molecule has 3 aromatic rings. The van der Waals surface area contributed by atoms with Gasteiger partial charge in [-0.15, -0.1) is 0 Å². The average molecular weight is 474 g/mol. The average Bonchev–Trinajstić information content (AvgIpc) is 3.40. The number of imide groups is 1. The van der Waals surface area contributed by atoms with Crippen molar-refractivity contribution in [1.82, 2.24) is 5.32 Å². The zero-order chi connectivity index (χ0) is 23.6. The maximum atomic E-state index is 13.9. The van der Waals surface area contributed by atoms with Crippen LogP contribution in [0.2, 0.25) is 5.02 Å². The summed E-state index contributed by atoms with van der Waals surface area (Å²) in [6.07, 6.45) is 0.404. The molecule has 0 radical (unpaired) electrons. The molecular formula is C26H20ClN3O4. The van der Waals surface area contributed by atoms with Gasteiger partial charge in [-0.2, -0.15) is 0 Å². The van der Waals surface area contributed by atoms with Crippen LogP contribution >= 0.6 is 11.6 Å². The molecule has 3 aliphatic heterocycles. The van der Waals surface area contributed by atoms with Crippen LogP contribution in [0.4, 0.5) is 11.4 Å². The van der Waals surface area contributed by atoms with E-state index in [0.717, 1.165) is 5.56 Å². The van der Waals surface area contributed by atoms with Crippen LogP contribution in [-0.2, 0) is 26.3 Å². The van der Waals surface area contributed by atoms with Crippen molar-refractivity contribution in [1.29, 1.82) is 0 Å². The Morgan fingerprint density at radius 2 is 1.71 bits per heavy atom. The highest BCUT2D eigenvalue weighted by Crippen LogP contribution is 2.53. The van der Waals surface area contributed by atoms with Crippen LogP contribution in [0.3, 0.4) is 0 Å². The molecule has 3 amide bonds. The number of amides is 3. The number of hydrogen-bond acceptors (Lipinski definition) is 5. The van der Waals surface area contributed by atoms with Gasteiger partial charge in [0, 0.05) is 22.3 Å². The summed E-state index contributed by atoms with van der Waals surface area (Å²) in [7, 11) is 0. The lowest BCUT2D eigenvalue weighted by Crippen LogP contribution is -2.53. The highest BCUT2D eigenvalue weighted by molar-refractivity contribution is 6.31. The maximum Gasteiger partial charge on any atom is 0.250 e. The predicted molar refractivity (Wildman–Crippen MR) is 126 cm³/mol. The first kappa shape index (κ1) is 20.9. The lowest BCUT2D eigenvalue weighted by Gasteiger charge is -2.29. The number of fused-ring (bicyclic) bond motifs is 4. The van der Waals surface area contributed by atoms with Crippen molar-refractivity contribution in [2.75, 3.05) is 10.2 Å². The third-order valence-corrected chi connectivity index (χ3v) is 7.32. The van der Waals surface area contributed by atoms with Crippen molar-refractivity contribution in [2.24, 2.45) is 11.8 Å². The van der Waals surface area contributed by atoms with Gasteiger partial charge < -0.3 is 10.4 Å². The first-order valence-corrected chi connectivity index (χ1v) is 11.4. The van der Waals surface area contributed by atoms with Crippen LogP contribution in [0.15, 0.2) is 72.8 Å². The minimum absolute atomic E-state index is 0.140. The van der Waals surface area contributed by atoms with Crippen molar-refractivity contribution < 1.29 is 19.5 Å². The van der Waals surface area contributed by atoms with Crippen LogP contribution in [-0.4, -0.2) is 28.9 Å². The van der Waals surface area contributed by atoms with Crippen molar-refractivity contribution in [3.63, 3.8) is 0 Å². The summed E-state index contributed by atoms with van der Waals surface area (Å²) in [6, 6.07) is 20.1.